The number of aryl methyl sites for hydroxylation is 1. The van der Waals surface area contributed by atoms with Crippen molar-refractivity contribution < 1.29 is 0 Å². The fourth-order valence-electron chi connectivity index (χ4n) is 3.02. The Balaban J connectivity index is 1.76. The summed E-state index contributed by atoms with van der Waals surface area (Å²) in [5, 5.41) is 7.75. The molecule has 0 saturated heterocycles. The second-order valence-corrected chi connectivity index (χ2v) is 6.56. The molecular weight excluding hydrogens is 314 g/mol. The highest BCUT2D eigenvalue weighted by molar-refractivity contribution is 5.33. The van der Waals surface area contributed by atoms with Crippen molar-refractivity contribution in [1.82, 2.24) is 24.5 Å². The normalized spacial score (nSPS) is 12.5. The highest BCUT2D eigenvalue weighted by Crippen LogP contribution is 2.10. The van der Waals surface area contributed by atoms with Crippen molar-refractivity contribution in [2.75, 3.05) is 0 Å². The summed E-state index contributed by atoms with van der Waals surface area (Å²) in [5.41, 5.74) is 3.83. The van der Waals surface area contributed by atoms with Crippen molar-refractivity contribution in [3.8, 4) is 5.69 Å². The molecule has 25 heavy (non-hydrogen) atoms. The maximum Gasteiger partial charge on any atom is 0.276 e. The lowest BCUT2D eigenvalue weighted by Crippen LogP contribution is -2.32. The Morgan fingerprint density at radius 1 is 1.20 bits per heavy atom. The maximum atomic E-state index is 12.9. The zero-order chi connectivity index (χ0) is 18.0. The van der Waals surface area contributed by atoms with Gasteiger partial charge in [0.1, 0.15) is 0 Å². The molecule has 0 aliphatic carbocycles. The van der Waals surface area contributed by atoms with Crippen LogP contribution < -0.4 is 10.9 Å². The van der Waals surface area contributed by atoms with E-state index in [9.17, 15) is 4.79 Å². The molecule has 1 N–H and O–H groups in total. The first-order chi connectivity index (χ1) is 12.0. The fourth-order valence-corrected chi connectivity index (χ4v) is 3.02. The SMILES string of the molecule is Cc1cnn(CC(C)NCc2c(C)n(C)n(-c3ccccc3)c2=O)c1. The van der Waals surface area contributed by atoms with Gasteiger partial charge in [-0.2, -0.15) is 5.10 Å². The van der Waals surface area contributed by atoms with Crippen LogP contribution in [0.5, 0.6) is 0 Å². The number of nitrogens with one attached hydrogen (secondary N) is 1. The van der Waals surface area contributed by atoms with Crippen LogP contribution in [0.4, 0.5) is 0 Å². The Bertz CT molecular complexity index is 904. The van der Waals surface area contributed by atoms with Crippen LogP contribution in [0.2, 0.25) is 0 Å². The van der Waals surface area contributed by atoms with Gasteiger partial charge in [0.05, 0.1) is 24.0 Å². The quantitative estimate of drug-likeness (QED) is 0.749. The largest absolute Gasteiger partial charge is 0.308 e. The van der Waals surface area contributed by atoms with E-state index < -0.39 is 0 Å². The molecule has 1 aromatic carbocycles. The minimum atomic E-state index is 0.0285. The van der Waals surface area contributed by atoms with Crippen molar-refractivity contribution >= 4 is 0 Å². The first kappa shape index (κ1) is 17.2. The van der Waals surface area contributed by atoms with Gasteiger partial charge < -0.3 is 5.32 Å². The lowest BCUT2D eigenvalue weighted by molar-refractivity contribution is 0.449. The molecule has 6 heteroatoms. The summed E-state index contributed by atoms with van der Waals surface area (Å²) >= 11 is 0. The molecule has 0 aliphatic heterocycles. The lowest BCUT2D eigenvalue weighted by Gasteiger charge is -2.13. The van der Waals surface area contributed by atoms with E-state index in [0.29, 0.717) is 6.54 Å². The average Bonchev–Trinajstić information content (AvgIpc) is 3.08. The summed E-state index contributed by atoms with van der Waals surface area (Å²) in [4.78, 5) is 12.9. The van der Waals surface area contributed by atoms with Gasteiger partial charge in [0.15, 0.2) is 0 Å². The minimum absolute atomic E-state index is 0.0285. The molecule has 132 valence electrons. The Morgan fingerprint density at radius 2 is 1.92 bits per heavy atom. The van der Waals surface area contributed by atoms with E-state index >= 15 is 0 Å². The topological polar surface area (TPSA) is 56.8 Å². The van der Waals surface area contributed by atoms with Crippen LogP contribution >= 0.6 is 0 Å². The van der Waals surface area contributed by atoms with E-state index in [1.165, 1.54) is 0 Å². The summed E-state index contributed by atoms with van der Waals surface area (Å²) in [6.45, 7) is 7.43. The number of hydrogen-bond acceptors (Lipinski definition) is 3. The molecular formula is C19H25N5O. The van der Waals surface area contributed by atoms with Crippen LogP contribution in [-0.2, 0) is 20.1 Å². The van der Waals surface area contributed by atoms with Crippen molar-refractivity contribution in [3.05, 3.63) is 69.9 Å². The predicted molar refractivity (Wildman–Crippen MR) is 99.0 cm³/mol. The molecule has 0 fully saturated rings. The van der Waals surface area contributed by atoms with Crippen LogP contribution in [0.25, 0.3) is 5.69 Å². The lowest BCUT2D eigenvalue weighted by atomic mass is 10.2. The third-order valence-electron chi connectivity index (χ3n) is 4.52. The molecule has 0 amide bonds. The van der Waals surface area contributed by atoms with Crippen LogP contribution in [0.15, 0.2) is 47.5 Å². The van der Waals surface area contributed by atoms with E-state index in [1.54, 1.807) is 4.68 Å². The van der Waals surface area contributed by atoms with Gasteiger partial charge in [0.25, 0.3) is 5.56 Å². The smallest absolute Gasteiger partial charge is 0.276 e. The number of nitrogens with zero attached hydrogens (tertiary/aromatic N) is 4. The van der Waals surface area contributed by atoms with E-state index in [1.807, 2.05) is 73.0 Å². The zero-order valence-corrected chi connectivity index (χ0v) is 15.2. The maximum absolute atomic E-state index is 12.9. The highest BCUT2D eigenvalue weighted by atomic mass is 16.1. The summed E-state index contributed by atoms with van der Waals surface area (Å²) in [6.07, 6.45) is 3.88. The third kappa shape index (κ3) is 3.58. The molecule has 1 atom stereocenters. The Kier molecular flexibility index (Phi) is 4.90. The number of aromatic nitrogens is 4. The molecule has 6 nitrogen and oxygen atoms in total. The molecule has 2 heterocycles. The van der Waals surface area contributed by atoms with Gasteiger partial charge >= 0.3 is 0 Å². The van der Waals surface area contributed by atoms with E-state index in [2.05, 4.69) is 17.3 Å². The first-order valence-corrected chi connectivity index (χ1v) is 8.52. The molecule has 0 bridgehead atoms. The standard InChI is InChI=1S/C19H25N5O/c1-14-10-21-23(12-14)13-15(2)20-11-18-16(3)22(4)24(19(18)25)17-8-6-5-7-9-17/h5-10,12,15,20H,11,13H2,1-4H3. The fraction of sp³-hybridized carbons (Fsp3) is 0.368. The van der Waals surface area contributed by atoms with Crippen molar-refractivity contribution in [2.45, 2.75) is 39.9 Å². The Morgan fingerprint density at radius 3 is 2.56 bits per heavy atom. The van der Waals surface area contributed by atoms with E-state index in [4.69, 9.17) is 0 Å². The summed E-state index contributed by atoms with van der Waals surface area (Å²) in [5.74, 6) is 0. The Labute approximate surface area is 147 Å². The zero-order valence-electron chi connectivity index (χ0n) is 15.2. The predicted octanol–water partition coefficient (Wildman–Crippen LogP) is 2.17. The van der Waals surface area contributed by atoms with Gasteiger partial charge in [-0.05, 0) is 38.5 Å². The summed E-state index contributed by atoms with van der Waals surface area (Å²) in [7, 11) is 1.92. The molecule has 0 radical (unpaired) electrons. The van der Waals surface area contributed by atoms with Gasteiger partial charge in [-0.25, -0.2) is 4.68 Å². The van der Waals surface area contributed by atoms with Crippen molar-refractivity contribution in [2.24, 2.45) is 7.05 Å². The first-order valence-electron chi connectivity index (χ1n) is 8.52. The van der Waals surface area contributed by atoms with Gasteiger partial charge in [-0.15, -0.1) is 0 Å². The van der Waals surface area contributed by atoms with E-state index in [0.717, 1.165) is 29.1 Å². The molecule has 2 aromatic heterocycles. The molecule has 3 rings (SSSR count). The van der Waals surface area contributed by atoms with E-state index in [-0.39, 0.29) is 11.6 Å². The van der Waals surface area contributed by atoms with Crippen LogP contribution in [-0.4, -0.2) is 25.2 Å². The third-order valence-corrected chi connectivity index (χ3v) is 4.52. The number of para-hydroxylation sites is 1. The summed E-state index contributed by atoms with van der Waals surface area (Å²) < 4.78 is 5.55. The molecule has 1 unspecified atom stereocenters. The van der Waals surface area contributed by atoms with Gasteiger partial charge in [-0.1, -0.05) is 18.2 Å². The summed E-state index contributed by atoms with van der Waals surface area (Å²) in [6, 6.07) is 9.93. The van der Waals surface area contributed by atoms with Gasteiger partial charge in [0.2, 0.25) is 0 Å². The van der Waals surface area contributed by atoms with Crippen LogP contribution in [0.3, 0.4) is 0 Å². The second-order valence-electron chi connectivity index (χ2n) is 6.56. The number of benzene rings is 1. The van der Waals surface area contributed by atoms with Crippen molar-refractivity contribution in [1.29, 1.82) is 0 Å². The van der Waals surface area contributed by atoms with Gasteiger partial charge in [-0.3, -0.25) is 14.2 Å². The molecule has 0 saturated carbocycles. The van der Waals surface area contributed by atoms with Crippen LogP contribution in [0, 0.1) is 13.8 Å². The minimum Gasteiger partial charge on any atom is -0.308 e. The number of hydrogen-bond donors (Lipinski definition) is 1. The number of rotatable bonds is 6. The van der Waals surface area contributed by atoms with Crippen LogP contribution in [0.1, 0.15) is 23.7 Å². The Hall–Kier alpha value is -2.60. The molecule has 0 spiro atoms. The molecule has 0 aliphatic rings. The monoisotopic (exact) mass is 339 g/mol. The second kappa shape index (κ2) is 7.11. The average molecular weight is 339 g/mol. The highest BCUT2D eigenvalue weighted by Gasteiger charge is 2.16. The molecule has 3 aromatic rings. The van der Waals surface area contributed by atoms with Gasteiger partial charge in [0, 0.05) is 31.5 Å². The van der Waals surface area contributed by atoms with Crippen molar-refractivity contribution in [3.63, 3.8) is 0 Å².